The topological polar surface area (TPSA) is 23.5 Å². The summed E-state index contributed by atoms with van der Waals surface area (Å²) in [6.45, 7) is 6.10. The van der Waals surface area contributed by atoms with E-state index in [0.717, 1.165) is 37.3 Å². The van der Waals surface area contributed by atoms with Crippen molar-refractivity contribution in [3.05, 3.63) is 0 Å². The van der Waals surface area contributed by atoms with E-state index in [9.17, 15) is 0 Å². The Morgan fingerprint density at radius 2 is 2.13 bits per heavy atom. The molecule has 0 aromatic heterocycles. The molecule has 0 spiro atoms. The second-order valence-corrected chi connectivity index (χ2v) is 5.41. The molecule has 0 amide bonds. The Labute approximate surface area is 93.7 Å². The molecule has 2 rings (SSSR count). The predicted octanol–water partition coefficient (Wildman–Crippen LogP) is 2.13. The first-order chi connectivity index (χ1) is 7.33. The summed E-state index contributed by atoms with van der Waals surface area (Å²) in [5.41, 5.74) is 0. The minimum atomic E-state index is 0.340. The summed E-state index contributed by atoms with van der Waals surface area (Å²) in [6, 6.07) is 0. The molecule has 3 atom stereocenters. The maximum atomic E-state index is 8.85. The van der Waals surface area contributed by atoms with E-state index in [2.05, 4.69) is 11.8 Å². The molecule has 2 aliphatic carbocycles. The molecule has 0 aliphatic heterocycles. The zero-order chi connectivity index (χ0) is 10.7. The van der Waals surface area contributed by atoms with Crippen LogP contribution in [-0.2, 0) is 0 Å². The number of fused-ring (bicyclic) bond motifs is 2. The van der Waals surface area contributed by atoms with Gasteiger partial charge in [0.1, 0.15) is 0 Å². The van der Waals surface area contributed by atoms with Gasteiger partial charge < -0.3 is 10.0 Å². The minimum absolute atomic E-state index is 0.340. The average Bonchev–Trinajstić information content (AvgIpc) is 2.85. The molecule has 2 nitrogen and oxygen atoms in total. The van der Waals surface area contributed by atoms with Gasteiger partial charge in [0.15, 0.2) is 0 Å². The second kappa shape index (κ2) is 5.31. The van der Waals surface area contributed by atoms with Crippen LogP contribution in [0.15, 0.2) is 0 Å². The highest BCUT2D eigenvalue weighted by Crippen LogP contribution is 2.48. The number of hydrogen-bond donors (Lipinski definition) is 1. The molecule has 88 valence electrons. The Balaban J connectivity index is 1.74. The maximum absolute atomic E-state index is 8.85. The molecule has 0 aromatic carbocycles. The first kappa shape index (κ1) is 11.4. The van der Waals surface area contributed by atoms with Crippen molar-refractivity contribution in [2.75, 3.05) is 26.2 Å². The lowest BCUT2D eigenvalue weighted by Crippen LogP contribution is -2.32. The third-order valence-corrected chi connectivity index (χ3v) is 4.46. The van der Waals surface area contributed by atoms with Gasteiger partial charge in [-0.3, -0.25) is 0 Å². The van der Waals surface area contributed by atoms with Crippen LogP contribution in [0.5, 0.6) is 0 Å². The summed E-state index contributed by atoms with van der Waals surface area (Å²) >= 11 is 0. The number of aliphatic hydroxyl groups excluding tert-OH is 1. The average molecular weight is 211 g/mol. The molecule has 2 saturated carbocycles. The van der Waals surface area contributed by atoms with Crippen LogP contribution in [0.3, 0.4) is 0 Å². The molecule has 1 N–H and O–H groups in total. The van der Waals surface area contributed by atoms with Gasteiger partial charge in [-0.2, -0.15) is 0 Å². The highest BCUT2D eigenvalue weighted by Gasteiger charge is 2.39. The van der Waals surface area contributed by atoms with Crippen LogP contribution in [0.1, 0.15) is 39.0 Å². The zero-order valence-electron chi connectivity index (χ0n) is 9.99. The Morgan fingerprint density at radius 1 is 1.27 bits per heavy atom. The van der Waals surface area contributed by atoms with Gasteiger partial charge in [-0.05, 0) is 50.0 Å². The molecule has 2 fully saturated rings. The predicted molar refractivity (Wildman–Crippen MR) is 62.8 cm³/mol. The largest absolute Gasteiger partial charge is 0.396 e. The van der Waals surface area contributed by atoms with Crippen molar-refractivity contribution in [3.63, 3.8) is 0 Å². The van der Waals surface area contributed by atoms with Crippen molar-refractivity contribution in [3.8, 4) is 0 Å². The van der Waals surface area contributed by atoms with Gasteiger partial charge in [0.2, 0.25) is 0 Å². The molecule has 0 aromatic rings. The van der Waals surface area contributed by atoms with Gasteiger partial charge in [0.05, 0.1) is 0 Å². The molecule has 0 saturated heterocycles. The monoisotopic (exact) mass is 211 g/mol. The molecular weight excluding hydrogens is 186 g/mol. The molecule has 2 heteroatoms. The van der Waals surface area contributed by atoms with E-state index in [-0.39, 0.29) is 0 Å². The molecule has 15 heavy (non-hydrogen) atoms. The van der Waals surface area contributed by atoms with E-state index >= 15 is 0 Å². The third-order valence-electron chi connectivity index (χ3n) is 4.46. The van der Waals surface area contributed by atoms with Crippen LogP contribution in [0.4, 0.5) is 0 Å². The summed E-state index contributed by atoms with van der Waals surface area (Å²) in [4.78, 5) is 2.53. The molecule has 0 radical (unpaired) electrons. The molecule has 2 aliphatic rings. The molecular formula is C13H25NO. The van der Waals surface area contributed by atoms with Gasteiger partial charge in [-0.15, -0.1) is 0 Å². The summed E-state index contributed by atoms with van der Waals surface area (Å²) in [7, 11) is 0. The smallest absolute Gasteiger partial charge is 0.0443 e. The van der Waals surface area contributed by atoms with Gasteiger partial charge in [0.25, 0.3) is 0 Å². The lowest BCUT2D eigenvalue weighted by atomic mass is 9.88. The SMILES string of the molecule is CCN(CCCO)CC1CC2CCC1C2. The number of hydrogen-bond acceptors (Lipinski definition) is 2. The van der Waals surface area contributed by atoms with Crippen molar-refractivity contribution < 1.29 is 5.11 Å². The van der Waals surface area contributed by atoms with Crippen LogP contribution >= 0.6 is 0 Å². The van der Waals surface area contributed by atoms with Gasteiger partial charge >= 0.3 is 0 Å². The number of aliphatic hydroxyl groups is 1. The normalized spacial score (nSPS) is 34.2. The fourth-order valence-corrected chi connectivity index (χ4v) is 3.60. The molecule has 3 unspecified atom stereocenters. The number of nitrogens with zero attached hydrogens (tertiary/aromatic N) is 1. The van der Waals surface area contributed by atoms with Crippen molar-refractivity contribution >= 4 is 0 Å². The Hall–Kier alpha value is -0.0800. The fourth-order valence-electron chi connectivity index (χ4n) is 3.60. The highest BCUT2D eigenvalue weighted by molar-refractivity contribution is 4.91. The quantitative estimate of drug-likeness (QED) is 0.727. The lowest BCUT2D eigenvalue weighted by Gasteiger charge is -2.28. The highest BCUT2D eigenvalue weighted by atomic mass is 16.3. The summed E-state index contributed by atoms with van der Waals surface area (Å²) in [5, 5.41) is 8.85. The van der Waals surface area contributed by atoms with Crippen molar-refractivity contribution in [2.45, 2.75) is 39.0 Å². The second-order valence-electron chi connectivity index (χ2n) is 5.41. The van der Waals surface area contributed by atoms with Gasteiger partial charge in [0, 0.05) is 19.7 Å². The van der Waals surface area contributed by atoms with E-state index in [1.165, 1.54) is 32.2 Å². The summed E-state index contributed by atoms with van der Waals surface area (Å²) in [6.07, 6.45) is 6.94. The van der Waals surface area contributed by atoms with E-state index in [0.29, 0.717) is 6.61 Å². The zero-order valence-corrected chi connectivity index (χ0v) is 9.99. The Morgan fingerprint density at radius 3 is 2.67 bits per heavy atom. The summed E-state index contributed by atoms with van der Waals surface area (Å²) < 4.78 is 0. The van der Waals surface area contributed by atoms with Crippen LogP contribution in [-0.4, -0.2) is 36.2 Å². The minimum Gasteiger partial charge on any atom is -0.396 e. The van der Waals surface area contributed by atoms with Gasteiger partial charge in [-0.25, -0.2) is 0 Å². The Kier molecular flexibility index (Phi) is 4.04. The van der Waals surface area contributed by atoms with Crippen molar-refractivity contribution in [1.82, 2.24) is 4.90 Å². The first-order valence-electron chi connectivity index (χ1n) is 6.66. The third kappa shape index (κ3) is 2.73. The molecule has 0 heterocycles. The standard InChI is InChI=1S/C13H25NO/c1-2-14(6-3-7-15)10-13-9-11-4-5-12(13)8-11/h11-13,15H,2-10H2,1H3. The fraction of sp³-hybridized carbons (Fsp3) is 1.00. The first-order valence-corrected chi connectivity index (χ1v) is 6.66. The number of rotatable bonds is 6. The lowest BCUT2D eigenvalue weighted by molar-refractivity contribution is 0.179. The maximum Gasteiger partial charge on any atom is 0.0443 e. The Bertz CT molecular complexity index is 195. The van der Waals surface area contributed by atoms with E-state index < -0.39 is 0 Å². The van der Waals surface area contributed by atoms with Crippen molar-refractivity contribution in [1.29, 1.82) is 0 Å². The van der Waals surface area contributed by atoms with E-state index in [4.69, 9.17) is 5.11 Å². The van der Waals surface area contributed by atoms with E-state index in [1.807, 2.05) is 0 Å². The van der Waals surface area contributed by atoms with Crippen LogP contribution in [0, 0.1) is 17.8 Å². The molecule has 2 bridgehead atoms. The van der Waals surface area contributed by atoms with Crippen LogP contribution in [0.25, 0.3) is 0 Å². The van der Waals surface area contributed by atoms with Crippen LogP contribution in [0.2, 0.25) is 0 Å². The van der Waals surface area contributed by atoms with E-state index in [1.54, 1.807) is 0 Å². The van der Waals surface area contributed by atoms with Crippen molar-refractivity contribution in [2.24, 2.45) is 17.8 Å². The van der Waals surface area contributed by atoms with Crippen LogP contribution < -0.4 is 0 Å². The van der Waals surface area contributed by atoms with Gasteiger partial charge in [-0.1, -0.05) is 13.3 Å². The summed E-state index contributed by atoms with van der Waals surface area (Å²) in [5.74, 6) is 3.08.